The van der Waals surface area contributed by atoms with Crippen LogP contribution in [0, 0.1) is 11.3 Å². The van der Waals surface area contributed by atoms with Crippen molar-refractivity contribution in [2.75, 3.05) is 0 Å². The molecule has 1 heterocycles. The van der Waals surface area contributed by atoms with Gasteiger partial charge in [-0.25, -0.2) is 0 Å². The van der Waals surface area contributed by atoms with E-state index >= 15 is 0 Å². The highest BCUT2D eigenvalue weighted by Crippen LogP contribution is 2.35. The number of Topliss-reactive ketones (excluding diaryl/α,β-unsaturated/α-hetero) is 2. The molecule has 1 aliphatic carbocycles. The van der Waals surface area contributed by atoms with Crippen molar-refractivity contribution in [1.82, 2.24) is 0 Å². The van der Waals surface area contributed by atoms with Crippen LogP contribution in [-0.2, 0) is 9.59 Å². The molecule has 1 saturated carbocycles. The average molecular weight is 336 g/mol. The Morgan fingerprint density at radius 2 is 1.46 bits per heavy atom. The van der Waals surface area contributed by atoms with Crippen molar-refractivity contribution in [3.63, 3.8) is 0 Å². The van der Waals surface area contributed by atoms with Gasteiger partial charge in [0.25, 0.3) is 0 Å². The van der Waals surface area contributed by atoms with Crippen LogP contribution < -0.4 is 5.32 Å². The Morgan fingerprint density at radius 3 is 1.88 bits per heavy atom. The first-order valence-electron chi connectivity index (χ1n) is 9.33. The van der Waals surface area contributed by atoms with E-state index in [0.717, 1.165) is 18.6 Å². The molecule has 4 heteroatoms. The largest absolute Gasteiger partial charge is 0.337 e. The van der Waals surface area contributed by atoms with Crippen molar-refractivity contribution in [3.8, 4) is 0 Å². The van der Waals surface area contributed by atoms with E-state index in [2.05, 4.69) is 33.0 Å². The molecule has 1 saturated heterocycles. The van der Waals surface area contributed by atoms with Gasteiger partial charge in [0.05, 0.1) is 17.1 Å². The van der Waals surface area contributed by atoms with Gasteiger partial charge in [0.1, 0.15) is 17.5 Å². The van der Waals surface area contributed by atoms with Crippen LogP contribution in [0.1, 0.15) is 80.6 Å². The van der Waals surface area contributed by atoms with Gasteiger partial charge in [0, 0.05) is 31.4 Å². The summed E-state index contributed by atoms with van der Waals surface area (Å²) in [6, 6.07) is 0.200. The lowest BCUT2D eigenvalue weighted by atomic mass is 9.70. The van der Waals surface area contributed by atoms with Crippen LogP contribution in [0.25, 0.3) is 0 Å². The molecule has 0 atom stereocenters. The summed E-state index contributed by atoms with van der Waals surface area (Å²) in [6.45, 7) is 15.0. The van der Waals surface area contributed by atoms with Gasteiger partial charge in [-0.2, -0.15) is 0 Å². The van der Waals surface area contributed by atoms with E-state index in [1.807, 2.05) is 20.8 Å². The van der Waals surface area contributed by atoms with Gasteiger partial charge >= 0.3 is 0 Å². The molecule has 24 heavy (non-hydrogen) atoms. The summed E-state index contributed by atoms with van der Waals surface area (Å²) in [4.78, 5) is 30.2. The second-order valence-electron chi connectivity index (χ2n) is 10.0. The standard InChI is InChI=1S/C20H34N2O2/c1-8-14(17-15(23)11-18(2,3)12-16(17)24)21-13-9-19(4,5)22-20(6,7)10-13/h13,17,22H,8-12H2,1-7H3/p+1. The minimum Gasteiger partial charge on any atom is -0.337 e. The number of aliphatic imine (C=N–C) groups is 1. The van der Waals surface area contributed by atoms with E-state index in [1.54, 1.807) is 0 Å². The van der Waals surface area contributed by atoms with Gasteiger partial charge in [0.15, 0.2) is 0 Å². The number of piperidine rings is 1. The van der Waals surface area contributed by atoms with Gasteiger partial charge in [-0.05, 0) is 39.5 Å². The van der Waals surface area contributed by atoms with Crippen LogP contribution in [0.2, 0.25) is 0 Å². The van der Waals surface area contributed by atoms with Gasteiger partial charge in [-0.1, -0.05) is 20.8 Å². The molecule has 0 radical (unpaired) electrons. The molecule has 0 aromatic rings. The van der Waals surface area contributed by atoms with Crippen molar-refractivity contribution in [2.24, 2.45) is 16.3 Å². The predicted molar refractivity (Wildman–Crippen MR) is 97.4 cm³/mol. The van der Waals surface area contributed by atoms with Crippen molar-refractivity contribution >= 4 is 17.3 Å². The van der Waals surface area contributed by atoms with E-state index in [9.17, 15) is 9.59 Å². The highest BCUT2D eigenvalue weighted by Gasteiger charge is 2.44. The zero-order chi connectivity index (χ0) is 18.3. The van der Waals surface area contributed by atoms with E-state index in [1.165, 1.54) is 0 Å². The van der Waals surface area contributed by atoms with Gasteiger partial charge < -0.3 is 5.32 Å². The lowest BCUT2D eigenvalue weighted by Crippen LogP contribution is -3.05. The normalized spacial score (nSPS) is 28.2. The van der Waals surface area contributed by atoms with Crippen molar-refractivity contribution in [3.05, 3.63) is 0 Å². The van der Waals surface area contributed by atoms with Crippen molar-refractivity contribution in [2.45, 2.75) is 97.7 Å². The molecular formula is C20H35N2O2+. The van der Waals surface area contributed by atoms with Crippen LogP contribution in [0.4, 0.5) is 0 Å². The Kier molecular flexibility index (Phi) is 5.11. The van der Waals surface area contributed by atoms with Gasteiger partial charge in [-0.15, -0.1) is 0 Å². The molecule has 0 spiro atoms. The fourth-order valence-corrected chi connectivity index (χ4v) is 4.92. The number of carbonyl (C=O) groups excluding carboxylic acids is 2. The molecule has 2 rings (SSSR count). The molecule has 0 amide bonds. The second-order valence-corrected chi connectivity index (χ2v) is 10.0. The number of carbonyl (C=O) groups is 2. The Labute approximate surface area is 146 Å². The minimum atomic E-state index is -0.583. The van der Waals surface area contributed by atoms with Gasteiger partial charge in [0.2, 0.25) is 0 Å². The lowest BCUT2D eigenvalue weighted by molar-refractivity contribution is -0.787. The van der Waals surface area contributed by atoms with Crippen LogP contribution in [-0.4, -0.2) is 34.4 Å². The molecule has 2 aliphatic rings. The molecule has 0 aromatic carbocycles. The summed E-state index contributed by atoms with van der Waals surface area (Å²) in [7, 11) is 0. The number of nitrogens with zero attached hydrogens (tertiary/aromatic N) is 1. The van der Waals surface area contributed by atoms with E-state index in [-0.39, 0.29) is 34.1 Å². The second kappa shape index (κ2) is 6.36. The number of nitrogens with two attached hydrogens (primary N) is 1. The predicted octanol–water partition coefficient (Wildman–Crippen LogP) is 2.69. The number of ketones is 2. The first-order chi connectivity index (χ1) is 10.8. The number of rotatable bonds is 3. The summed E-state index contributed by atoms with van der Waals surface area (Å²) in [6.07, 6.45) is 3.63. The SMILES string of the molecule is CCC(=NC1CC(C)(C)[NH2+]C(C)(C)C1)C1C(=O)CC(C)(C)CC1=O. The smallest absolute Gasteiger partial charge is 0.149 e. The van der Waals surface area contributed by atoms with Crippen LogP contribution in [0.5, 0.6) is 0 Å². The molecule has 4 nitrogen and oxygen atoms in total. The van der Waals surface area contributed by atoms with Crippen LogP contribution in [0.15, 0.2) is 4.99 Å². The summed E-state index contributed by atoms with van der Waals surface area (Å²) in [5.74, 6) is -0.448. The first-order valence-corrected chi connectivity index (χ1v) is 9.33. The molecule has 2 N–H and O–H groups in total. The molecule has 0 unspecified atom stereocenters. The minimum absolute atomic E-state index is 0.0674. The molecular weight excluding hydrogens is 300 g/mol. The van der Waals surface area contributed by atoms with Crippen LogP contribution in [0.3, 0.4) is 0 Å². The summed E-state index contributed by atoms with van der Waals surface area (Å²) >= 11 is 0. The summed E-state index contributed by atoms with van der Waals surface area (Å²) in [5.41, 5.74) is 0.890. The summed E-state index contributed by atoms with van der Waals surface area (Å²) < 4.78 is 0. The van der Waals surface area contributed by atoms with E-state index in [4.69, 9.17) is 4.99 Å². The molecule has 136 valence electrons. The topological polar surface area (TPSA) is 63.1 Å². The molecule has 2 fully saturated rings. The highest BCUT2D eigenvalue weighted by molar-refractivity contribution is 6.22. The lowest BCUT2D eigenvalue weighted by Gasteiger charge is -2.42. The number of hydrogen-bond donors (Lipinski definition) is 1. The fourth-order valence-electron chi connectivity index (χ4n) is 4.92. The maximum atomic E-state index is 12.6. The molecule has 0 bridgehead atoms. The zero-order valence-corrected chi connectivity index (χ0v) is 16.5. The average Bonchev–Trinajstić information content (AvgIpc) is 2.30. The Morgan fingerprint density at radius 1 is 1.00 bits per heavy atom. The first kappa shape index (κ1) is 19.3. The maximum absolute atomic E-state index is 12.6. The van der Waals surface area contributed by atoms with Crippen LogP contribution >= 0.6 is 0 Å². The maximum Gasteiger partial charge on any atom is 0.149 e. The molecule has 0 aromatic heterocycles. The molecule has 1 aliphatic heterocycles. The van der Waals surface area contributed by atoms with Gasteiger partial charge in [-0.3, -0.25) is 14.6 Å². The quantitative estimate of drug-likeness (QED) is 0.637. The summed E-state index contributed by atoms with van der Waals surface area (Å²) in [5, 5.41) is 2.43. The van der Waals surface area contributed by atoms with E-state index < -0.39 is 5.92 Å². The zero-order valence-electron chi connectivity index (χ0n) is 16.5. The third-order valence-electron chi connectivity index (χ3n) is 5.30. The van der Waals surface area contributed by atoms with Crippen molar-refractivity contribution in [1.29, 1.82) is 0 Å². The Bertz CT molecular complexity index is 522. The number of quaternary nitrogens is 1. The van der Waals surface area contributed by atoms with Crippen molar-refractivity contribution < 1.29 is 14.9 Å². The third kappa shape index (κ3) is 4.53. The fraction of sp³-hybridized carbons (Fsp3) is 0.850. The Balaban J connectivity index is 2.26. The monoisotopic (exact) mass is 335 g/mol. The highest BCUT2D eigenvalue weighted by atomic mass is 16.2. The third-order valence-corrected chi connectivity index (χ3v) is 5.30. The Hall–Kier alpha value is -1.03. The number of hydrogen-bond acceptors (Lipinski definition) is 3. The van der Waals surface area contributed by atoms with E-state index in [0.29, 0.717) is 19.3 Å².